The van der Waals surface area contributed by atoms with E-state index in [-0.39, 0.29) is 11.9 Å². The number of anilines is 1. The summed E-state index contributed by atoms with van der Waals surface area (Å²) in [5.74, 6) is -1.10. The van der Waals surface area contributed by atoms with Gasteiger partial charge in [-0.15, -0.1) is 0 Å². The summed E-state index contributed by atoms with van der Waals surface area (Å²) in [6.07, 6.45) is 4.85. The summed E-state index contributed by atoms with van der Waals surface area (Å²) in [6, 6.07) is 14.1. The molecule has 35 heavy (non-hydrogen) atoms. The molecule has 4 aromatic rings. The first kappa shape index (κ1) is 21.8. The predicted octanol–water partition coefficient (Wildman–Crippen LogP) is 4.35. The van der Waals surface area contributed by atoms with Crippen LogP contribution in [0.25, 0.3) is 28.5 Å². The maximum atomic E-state index is 14.2. The molecule has 0 saturated carbocycles. The molecule has 0 bridgehead atoms. The topological polar surface area (TPSA) is 97.3 Å². The molecular formula is C26H24FN5O3. The van der Waals surface area contributed by atoms with Crippen LogP contribution in [0.4, 0.5) is 10.1 Å². The minimum absolute atomic E-state index is 0.302. The molecular weight excluding hydrogens is 449 g/mol. The summed E-state index contributed by atoms with van der Waals surface area (Å²) in [6.45, 7) is 3.73. The van der Waals surface area contributed by atoms with Crippen molar-refractivity contribution in [3.05, 3.63) is 78.6 Å². The zero-order chi connectivity index (χ0) is 24.2. The molecule has 0 unspecified atom stereocenters. The zero-order valence-corrected chi connectivity index (χ0v) is 19.2. The van der Waals surface area contributed by atoms with Crippen LogP contribution in [0.5, 0.6) is 0 Å². The molecule has 8 nitrogen and oxygen atoms in total. The quantitative estimate of drug-likeness (QED) is 0.440. The van der Waals surface area contributed by atoms with E-state index in [4.69, 9.17) is 19.9 Å². The van der Waals surface area contributed by atoms with Gasteiger partial charge in [0.2, 0.25) is 0 Å². The van der Waals surface area contributed by atoms with Crippen molar-refractivity contribution in [3.63, 3.8) is 0 Å². The van der Waals surface area contributed by atoms with Crippen molar-refractivity contribution < 1.29 is 18.6 Å². The molecule has 2 aliphatic heterocycles. The lowest BCUT2D eigenvalue weighted by Crippen LogP contribution is -2.28. The highest BCUT2D eigenvalue weighted by atomic mass is 19.1. The lowest BCUT2D eigenvalue weighted by Gasteiger charge is -2.24. The number of nitrogen functional groups attached to an aromatic ring is 1. The van der Waals surface area contributed by atoms with Gasteiger partial charge in [0.1, 0.15) is 41.7 Å². The highest BCUT2D eigenvalue weighted by Gasteiger charge is 2.55. The second kappa shape index (κ2) is 8.23. The van der Waals surface area contributed by atoms with Crippen molar-refractivity contribution in [2.75, 3.05) is 5.73 Å². The average Bonchev–Trinajstić information content (AvgIpc) is 3.50. The van der Waals surface area contributed by atoms with Crippen molar-refractivity contribution in [2.24, 2.45) is 0 Å². The van der Waals surface area contributed by atoms with Crippen molar-refractivity contribution >= 4 is 22.9 Å². The van der Waals surface area contributed by atoms with Crippen molar-refractivity contribution in [1.82, 2.24) is 19.5 Å². The molecule has 2 aliphatic rings. The Bertz CT molecular complexity index is 1440. The van der Waals surface area contributed by atoms with Gasteiger partial charge in [0.15, 0.2) is 17.7 Å². The second-order valence-corrected chi connectivity index (χ2v) is 9.07. The third-order valence-corrected chi connectivity index (χ3v) is 6.28. The number of nitrogens with zero attached hydrogens (tertiary/aromatic N) is 4. The van der Waals surface area contributed by atoms with Crippen LogP contribution in [0.15, 0.2) is 67.3 Å². The number of para-hydroxylation sites is 1. The molecule has 4 heterocycles. The summed E-state index contributed by atoms with van der Waals surface area (Å²) >= 11 is 0. The Kier molecular flexibility index (Phi) is 5.14. The van der Waals surface area contributed by atoms with E-state index in [9.17, 15) is 4.39 Å². The van der Waals surface area contributed by atoms with E-state index in [1.807, 2.05) is 48.8 Å². The number of ether oxygens (including phenoxy) is 3. The molecule has 0 radical (unpaired) electrons. The Hall–Kier alpha value is -3.66. The van der Waals surface area contributed by atoms with Gasteiger partial charge in [-0.3, -0.25) is 4.57 Å². The first-order valence-corrected chi connectivity index (χ1v) is 11.4. The van der Waals surface area contributed by atoms with Gasteiger partial charge in [0.25, 0.3) is 0 Å². The maximum Gasteiger partial charge on any atom is 0.166 e. The van der Waals surface area contributed by atoms with E-state index in [1.54, 1.807) is 30.6 Å². The van der Waals surface area contributed by atoms with Gasteiger partial charge < -0.3 is 19.9 Å². The highest BCUT2D eigenvalue weighted by Crippen LogP contribution is 2.44. The number of halogens is 1. The van der Waals surface area contributed by atoms with Gasteiger partial charge in [-0.1, -0.05) is 48.6 Å². The number of hydrogen-bond acceptors (Lipinski definition) is 7. The molecule has 2 saturated heterocycles. The highest BCUT2D eigenvalue weighted by molar-refractivity contribution is 5.91. The standard InChI is InChI=1S/C26H24FN5O3/c1-26(2)34-22-19(12-11-15-7-3-5-9-17(15)27)33-25(23(22)35-26)32-14-31-21-20(29-13-30-24(21)32)16-8-4-6-10-18(16)28/h3-14,19,22-23,25H,28H2,1-2H3/t19-,22-,23-,25-/m1/s1. The third kappa shape index (κ3) is 3.78. The van der Waals surface area contributed by atoms with Gasteiger partial charge in [-0.05, 0) is 26.0 Å². The normalized spacial score (nSPS) is 25.5. The Morgan fingerprint density at radius 2 is 1.77 bits per heavy atom. The first-order chi connectivity index (χ1) is 16.9. The maximum absolute atomic E-state index is 14.2. The average molecular weight is 474 g/mol. The van der Waals surface area contributed by atoms with Gasteiger partial charge >= 0.3 is 0 Å². The third-order valence-electron chi connectivity index (χ3n) is 6.28. The Labute approximate surface area is 201 Å². The number of benzene rings is 2. The first-order valence-electron chi connectivity index (χ1n) is 11.4. The molecule has 2 fully saturated rings. The van der Waals surface area contributed by atoms with E-state index in [2.05, 4.69) is 15.0 Å². The molecule has 0 amide bonds. The minimum atomic E-state index is -0.795. The van der Waals surface area contributed by atoms with Crippen LogP contribution in [0.2, 0.25) is 0 Å². The summed E-state index contributed by atoms with van der Waals surface area (Å²) in [4.78, 5) is 13.5. The summed E-state index contributed by atoms with van der Waals surface area (Å²) in [5, 5.41) is 0. The summed E-state index contributed by atoms with van der Waals surface area (Å²) in [7, 11) is 0. The van der Waals surface area contributed by atoms with Gasteiger partial charge in [-0.25, -0.2) is 19.3 Å². The molecule has 0 spiro atoms. The number of imidazole rings is 1. The largest absolute Gasteiger partial charge is 0.398 e. The smallest absolute Gasteiger partial charge is 0.166 e. The molecule has 2 N–H and O–H groups in total. The lowest BCUT2D eigenvalue weighted by molar-refractivity contribution is -0.191. The van der Waals surface area contributed by atoms with Crippen LogP contribution < -0.4 is 5.73 Å². The molecule has 6 rings (SSSR count). The van der Waals surface area contributed by atoms with Crippen LogP contribution in [0, 0.1) is 5.82 Å². The SMILES string of the molecule is CC1(C)O[C@@H]2[C@H](O1)[C@@H](C=Cc1ccccc1F)O[C@H]2n1cnc2c(-c3ccccc3N)ncnc21. The van der Waals surface area contributed by atoms with Gasteiger partial charge in [0.05, 0.1) is 6.33 Å². The molecule has 2 aromatic carbocycles. The fourth-order valence-corrected chi connectivity index (χ4v) is 4.74. The second-order valence-electron chi connectivity index (χ2n) is 9.07. The fourth-order valence-electron chi connectivity index (χ4n) is 4.74. The summed E-state index contributed by atoms with van der Waals surface area (Å²) in [5.41, 5.74) is 9.89. The van der Waals surface area contributed by atoms with E-state index >= 15 is 0 Å². The lowest BCUT2D eigenvalue weighted by atomic mass is 10.1. The van der Waals surface area contributed by atoms with Crippen LogP contribution in [0.3, 0.4) is 0 Å². The Morgan fingerprint density at radius 3 is 2.60 bits per heavy atom. The van der Waals surface area contributed by atoms with E-state index in [0.717, 1.165) is 5.56 Å². The molecule has 2 aromatic heterocycles. The number of rotatable bonds is 4. The molecule has 9 heteroatoms. The molecule has 4 atom stereocenters. The number of hydrogen-bond donors (Lipinski definition) is 1. The molecule has 0 aliphatic carbocycles. The van der Waals surface area contributed by atoms with E-state index < -0.39 is 24.2 Å². The van der Waals surface area contributed by atoms with Crippen LogP contribution in [-0.4, -0.2) is 43.6 Å². The minimum Gasteiger partial charge on any atom is -0.398 e. The van der Waals surface area contributed by atoms with Crippen molar-refractivity contribution in [3.8, 4) is 11.3 Å². The van der Waals surface area contributed by atoms with Crippen LogP contribution in [-0.2, 0) is 14.2 Å². The Morgan fingerprint density at radius 1 is 1.00 bits per heavy atom. The van der Waals surface area contributed by atoms with Crippen LogP contribution >= 0.6 is 0 Å². The van der Waals surface area contributed by atoms with Crippen molar-refractivity contribution in [2.45, 2.75) is 44.2 Å². The number of fused-ring (bicyclic) bond motifs is 2. The number of nitrogens with two attached hydrogens (primary N) is 1. The summed E-state index contributed by atoms with van der Waals surface area (Å²) < 4.78 is 34.8. The fraction of sp³-hybridized carbons (Fsp3) is 0.269. The monoisotopic (exact) mass is 473 g/mol. The van der Waals surface area contributed by atoms with E-state index in [1.165, 1.54) is 12.4 Å². The van der Waals surface area contributed by atoms with Crippen LogP contribution in [0.1, 0.15) is 25.6 Å². The zero-order valence-electron chi connectivity index (χ0n) is 19.2. The van der Waals surface area contributed by atoms with Crippen molar-refractivity contribution in [1.29, 1.82) is 0 Å². The van der Waals surface area contributed by atoms with Gasteiger partial charge in [-0.2, -0.15) is 0 Å². The van der Waals surface area contributed by atoms with E-state index in [0.29, 0.717) is 28.1 Å². The number of aromatic nitrogens is 4. The van der Waals surface area contributed by atoms with Gasteiger partial charge in [0, 0.05) is 16.8 Å². The molecule has 178 valence electrons. The predicted molar refractivity (Wildman–Crippen MR) is 128 cm³/mol. The Balaban J connectivity index is 1.38.